The van der Waals surface area contributed by atoms with Crippen molar-refractivity contribution in [1.82, 2.24) is 9.97 Å². The first-order valence-electron chi connectivity index (χ1n) is 5.31. The fraction of sp³-hybridized carbons (Fsp3) is 0.167. The number of aliphatic hydroxyl groups excluding tert-OH is 1. The van der Waals surface area contributed by atoms with Gasteiger partial charge in [-0.1, -0.05) is 30.3 Å². The molecule has 0 unspecified atom stereocenters. The summed E-state index contributed by atoms with van der Waals surface area (Å²) in [5.74, 6) is 0.554. The highest BCUT2D eigenvalue weighted by molar-refractivity contribution is 9.10. The monoisotopic (exact) mass is 327 g/mol. The average Bonchev–Trinajstić information content (AvgIpc) is 2.41. The van der Waals surface area contributed by atoms with Crippen LogP contribution in [0.1, 0.15) is 11.6 Å². The van der Waals surface area contributed by atoms with E-state index in [1.54, 1.807) is 6.20 Å². The molecule has 1 aromatic carbocycles. The summed E-state index contributed by atoms with van der Waals surface area (Å²) in [6.45, 7) is -0.0436. The molecule has 18 heavy (non-hydrogen) atoms. The summed E-state index contributed by atoms with van der Waals surface area (Å²) >= 11 is 9.08. The third kappa shape index (κ3) is 3.19. The van der Waals surface area contributed by atoms with E-state index in [4.69, 9.17) is 11.6 Å². The Balaban J connectivity index is 2.23. The molecular formula is C12H11BrClN3O. The number of halogens is 2. The Labute approximate surface area is 118 Å². The standard InChI is InChI=1S/C12H11BrClN3O/c13-9-6-15-12(14)17-11(9)16-10(7-18)8-4-2-1-3-5-8/h1-6,10,18H,7H2,(H,15,16,17)/t10-/m0/s1. The highest BCUT2D eigenvalue weighted by Gasteiger charge is 2.13. The number of aliphatic hydroxyl groups is 1. The van der Waals surface area contributed by atoms with Gasteiger partial charge in [0.05, 0.1) is 17.1 Å². The molecule has 0 aliphatic carbocycles. The fourth-order valence-corrected chi connectivity index (χ4v) is 1.97. The third-order valence-electron chi connectivity index (χ3n) is 2.41. The molecule has 0 spiro atoms. The van der Waals surface area contributed by atoms with E-state index < -0.39 is 0 Å². The van der Waals surface area contributed by atoms with Crippen LogP contribution in [0.3, 0.4) is 0 Å². The van der Waals surface area contributed by atoms with Crippen molar-refractivity contribution in [3.63, 3.8) is 0 Å². The molecule has 0 radical (unpaired) electrons. The fourth-order valence-electron chi connectivity index (χ4n) is 1.53. The first kappa shape index (κ1) is 13.3. The van der Waals surface area contributed by atoms with Crippen LogP contribution in [0.4, 0.5) is 5.82 Å². The maximum atomic E-state index is 9.45. The highest BCUT2D eigenvalue weighted by Crippen LogP contribution is 2.25. The second-order valence-corrected chi connectivity index (χ2v) is 4.82. The first-order valence-corrected chi connectivity index (χ1v) is 6.48. The van der Waals surface area contributed by atoms with Crippen molar-refractivity contribution < 1.29 is 5.11 Å². The SMILES string of the molecule is OC[C@H](Nc1nc(Cl)ncc1Br)c1ccccc1. The number of rotatable bonds is 4. The van der Waals surface area contributed by atoms with Gasteiger partial charge in [0.1, 0.15) is 5.82 Å². The zero-order chi connectivity index (χ0) is 13.0. The highest BCUT2D eigenvalue weighted by atomic mass is 79.9. The summed E-state index contributed by atoms with van der Waals surface area (Å²) in [5, 5.41) is 12.7. The average molecular weight is 329 g/mol. The molecule has 0 bridgehead atoms. The summed E-state index contributed by atoms with van der Waals surface area (Å²) in [6, 6.07) is 9.39. The summed E-state index contributed by atoms with van der Waals surface area (Å²) in [5.41, 5.74) is 0.974. The minimum Gasteiger partial charge on any atom is -0.394 e. The summed E-state index contributed by atoms with van der Waals surface area (Å²) in [6.07, 6.45) is 1.57. The predicted molar refractivity (Wildman–Crippen MR) is 74.6 cm³/mol. The van der Waals surface area contributed by atoms with Crippen molar-refractivity contribution in [2.75, 3.05) is 11.9 Å². The van der Waals surface area contributed by atoms with Gasteiger partial charge in [0.25, 0.3) is 0 Å². The van der Waals surface area contributed by atoms with E-state index in [0.717, 1.165) is 5.56 Å². The molecule has 0 fully saturated rings. The Morgan fingerprint density at radius 2 is 2.06 bits per heavy atom. The lowest BCUT2D eigenvalue weighted by molar-refractivity contribution is 0.276. The molecule has 1 atom stereocenters. The minimum atomic E-state index is -0.242. The van der Waals surface area contributed by atoms with Crippen LogP contribution in [0.5, 0.6) is 0 Å². The number of hydrogen-bond acceptors (Lipinski definition) is 4. The van der Waals surface area contributed by atoms with Gasteiger partial charge in [-0.05, 0) is 33.1 Å². The lowest BCUT2D eigenvalue weighted by Crippen LogP contribution is -2.16. The summed E-state index contributed by atoms with van der Waals surface area (Å²) < 4.78 is 0.696. The van der Waals surface area contributed by atoms with E-state index in [1.807, 2.05) is 30.3 Å². The van der Waals surface area contributed by atoms with E-state index in [-0.39, 0.29) is 17.9 Å². The van der Waals surface area contributed by atoms with Crippen molar-refractivity contribution in [1.29, 1.82) is 0 Å². The van der Waals surface area contributed by atoms with Crippen molar-refractivity contribution >= 4 is 33.3 Å². The van der Waals surface area contributed by atoms with Crippen molar-refractivity contribution in [2.24, 2.45) is 0 Å². The smallest absolute Gasteiger partial charge is 0.224 e. The summed E-state index contributed by atoms with van der Waals surface area (Å²) in [7, 11) is 0. The van der Waals surface area contributed by atoms with Crippen LogP contribution in [0.2, 0.25) is 5.28 Å². The topological polar surface area (TPSA) is 58.0 Å². The lowest BCUT2D eigenvalue weighted by atomic mass is 10.1. The molecule has 2 N–H and O–H groups in total. The molecule has 4 nitrogen and oxygen atoms in total. The first-order chi connectivity index (χ1) is 8.70. The number of aromatic nitrogens is 2. The van der Waals surface area contributed by atoms with Crippen LogP contribution in [-0.2, 0) is 0 Å². The molecule has 0 amide bonds. The third-order valence-corrected chi connectivity index (χ3v) is 3.17. The molecule has 0 aliphatic heterocycles. The zero-order valence-corrected chi connectivity index (χ0v) is 11.7. The number of benzene rings is 1. The van der Waals surface area contributed by atoms with Gasteiger partial charge in [0.15, 0.2) is 0 Å². The zero-order valence-electron chi connectivity index (χ0n) is 9.35. The molecule has 2 rings (SSSR count). The second kappa shape index (κ2) is 6.13. The van der Waals surface area contributed by atoms with E-state index in [1.165, 1.54) is 0 Å². The van der Waals surface area contributed by atoms with Gasteiger partial charge in [-0.2, -0.15) is 4.98 Å². The molecule has 0 saturated carbocycles. The Morgan fingerprint density at radius 1 is 1.33 bits per heavy atom. The molecule has 1 heterocycles. The van der Waals surface area contributed by atoms with Crippen molar-refractivity contribution in [2.45, 2.75) is 6.04 Å². The Kier molecular flexibility index (Phi) is 4.52. The molecule has 2 aromatic rings. The molecule has 0 saturated heterocycles. The maximum Gasteiger partial charge on any atom is 0.224 e. The quantitative estimate of drug-likeness (QED) is 0.847. The largest absolute Gasteiger partial charge is 0.394 e. The number of anilines is 1. The maximum absolute atomic E-state index is 9.45. The normalized spacial score (nSPS) is 12.2. The van der Waals surface area contributed by atoms with E-state index in [0.29, 0.717) is 10.3 Å². The van der Waals surface area contributed by atoms with Gasteiger partial charge in [-0.15, -0.1) is 0 Å². The lowest BCUT2D eigenvalue weighted by Gasteiger charge is -2.18. The number of nitrogens with zero attached hydrogens (tertiary/aromatic N) is 2. The van der Waals surface area contributed by atoms with Crippen LogP contribution < -0.4 is 5.32 Å². The Morgan fingerprint density at radius 3 is 2.72 bits per heavy atom. The minimum absolute atomic E-state index is 0.0436. The summed E-state index contributed by atoms with van der Waals surface area (Å²) in [4.78, 5) is 7.92. The number of hydrogen-bond donors (Lipinski definition) is 2. The van der Waals surface area contributed by atoms with Crippen LogP contribution in [-0.4, -0.2) is 21.7 Å². The van der Waals surface area contributed by atoms with Crippen LogP contribution in [0, 0.1) is 0 Å². The second-order valence-electron chi connectivity index (χ2n) is 3.63. The van der Waals surface area contributed by atoms with Crippen molar-refractivity contribution in [3.05, 3.63) is 51.8 Å². The molecular weight excluding hydrogens is 318 g/mol. The molecule has 1 aromatic heterocycles. The van der Waals surface area contributed by atoms with E-state index >= 15 is 0 Å². The van der Waals surface area contributed by atoms with Gasteiger partial charge in [-0.3, -0.25) is 0 Å². The van der Waals surface area contributed by atoms with Crippen LogP contribution >= 0.6 is 27.5 Å². The van der Waals surface area contributed by atoms with Gasteiger partial charge in [-0.25, -0.2) is 4.98 Å². The predicted octanol–water partition coefficient (Wildman–Crippen LogP) is 3.04. The van der Waals surface area contributed by atoms with Gasteiger partial charge in [0, 0.05) is 6.20 Å². The molecule has 94 valence electrons. The van der Waals surface area contributed by atoms with Gasteiger partial charge >= 0.3 is 0 Å². The van der Waals surface area contributed by atoms with Gasteiger partial charge < -0.3 is 10.4 Å². The number of nitrogens with one attached hydrogen (secondary N) is 1. The van der Waals surface area contributed by atoms with E-state index in [2.05, 4.69) is 31.2 Å². The Hall–Kier alpha value is -1.17. The molecule has 0 aliphatic rings. The van der Waals surface area contributed by atoms with Gasteiger partial charge in [0.2, 0.25) is 5.28 Å². The van der Waals surface area contributed by atoms with Crippen molar-refractivity contribution in [3.8, 4) is 0 Å². The van der Waals surface area contributed by atoms with Crippen LogP contribution in [0.25, 0.3) is 0 Å². The Bertz CT molecular complexity index is 524. The molecule has 6 heteroatoms. The van der Waals surface area contributed by atoms with E-state index in [9.17, 15) is 5.11 Å². The van der Waals surface area contributed by atoms with Crippen LogP contribution in [0.15, 0.2) is 41.0 Å².